The molecule has 6 heteroatoms. The van der Waals surface area contributed by atoms with E-state index in [-0.39, 0.29) is 11.5 Å². The molecule has 1 fully saturated rings. The van der Waals surface area contributed by atoms with Crippen LogP contribution in [0, 0.1) is 11.3 Å². The quantitative estimate of drug-likeness (QED) is 0.495. The third kappa shape index (κ3) is 4.05. The molecule has 4 nitrogen and oxygen atoms in total. The molecular formula is C20H17Br2N3O. The van der Waals surface area contributed by atoms with Gasteiger partial charge >= 0.3 is 0 Å². The Balaban J connectivity index is 1.89. The second-order valence-corrected chi connectivity index (χ2v) is 8.07. The van der Waals surface area contributed by atoms with Crippen LogP contribution in [-0.2, 0) is 10.3 Å². The minimum atomic E-state index is -0.404. The number of rotatable bonds is 4. The maximum atomic E-state index is 12.8. The summed E-state index contributed by atoms with van der Waals surface area (Å²) in [6.45, 7) is 0. The molecule has 1 aromatic carbocycles. The summed E-state index contributed by atoms with van der Waals surface area (Å²) in [6, 6.07) is 13.8. The highest BCUT2D eigenvalue weighted by Crippen LogP contribution is 2.39. The van der Waals surface area contributed by atoms with Gasteiger partial charge in [-0.3, -0.25) is 9.78 Å². The molecule has 1 aromatic heterocycles. The predicted molar refractivity (Wildman–Crippen MR) is 108 cm³/mol. The Hall–Kier alpha value is -1.97. The minimum absolute atomic E-state index is 0.0442. The van der Waals surface area contributed by atoms with Gasteiger partial charge < -0.3 is 5.32 Å². The monoisotopic (exact) mass is 473 g/mol. The Morgan fingerprint density at radius 2 is 1.92 bits per heavy atom. The predicted octanol–water partition coefficient (Wildman–Crippen LogP) is 5.10. The molecule has 1 saturated carbocycles. The topological polar surface area (TPSA) is 65.8 Å². The summed E-state index contributed by atoms with van der Waals surface area (Å²) in [5.74, 6) is -0.366. The second kappa shape index (κ2) is 8.15. The van der Waals surface area contributed by atoms with Crippen LogP contribution in [-0.4, -0.2) is 10.9 Å². The Morgan fingerprint density at radius 3 is 2.54 bits per heavy atom. The van der Waals surface area contributed by atoms with Gasteiger partial charge in [0.1, 0.15) is 11.6 Å². The van der Waals surface area contributed by atoms with E-state index in [1.165, 1.54) is 6.08 Å². The maximum absolute atomic E-state index is 12.8. The lowest BCUT2D eigenvalue weighted by Crippen LogP contribution is -2.44. The first-order valence-corrected chi connectivity index (χ1v) is 9.93. The number of carbonyl (C=O) groups excluding carboxylic acids is 1. The van der Waals surface area contributed by atoms with E-state index in [0.29, 0.717) is 10.2 Å². The standard InChI is InChI=1S/C20H17Br2N3O/c21-16-11-17(22)18(24-13-16)10-14(12-23)19(26)25-20(8-4-5-9-20)15-6-2-1-3-7-15/h1-3,6-7,10-11,13H,4-5,8-9H2,(H,25,26)/b14-10+. The number of pyridine rings is 1. The molecule has 1 N–H and O–H groups in total. The molecule has 0 radical (unpaired) electrons. The fourth-order valence-electron chi connectivity index (χ4n) is 3.32. The van der Waals surface area contributed by atoms with Crippen molar-refractivity contribution in [2.45, 2.75) is 31.2 Å². The number of hydrogen-bond acceptors (Lipinski definition) is 3. The normalized spacial score (nSPS) is 16.1. The summed E-state index contributed by atoms with van der Waals surface area (Å²) >= 11 is 6.75. The highest BCUT2D eigenvalue weighted by Gasteiger charge is 2.37. The Morgan fingerprint density at radius 1 is 1.23 bits per heavy atom. The number of benzene rings is 1. The fourth-order valence-corrected chi connectivity index (χ4v) is 4.42. The van der Waals surface area contributed by atoms with Gasteiger partial charge in [0, 0.05) is 15.1 Å². The number of halogens is 2. The molecule has 0 aliphatic heterocycles. The second-order valence-electron chi connectivity index (χ2n) is 6.30. The van der Waals surface area contributed by atoms with Crippen molar-refractivity contribution >= 4 is 43.8 Å². The average Bonchev–Trinajstić information content (AvgIpc) is 3.11. The summed E-state index contributed by atoms with van der Waals surface area (Å²) in [6.07, 6.45) is 7.01. The molecule has 1 amide bonds. The number of carbonyl (C=O) groups is 1. The summed E-state index contributed by atoms with van der Waals surface area (Å²) in [7, 11) is 0. The summed E-state index contributed by atoms with van der Waals surface area (Å²) in [5, 5.41) is 12.6. The van der Waals surface area contributed by atoms with Gasteiger partial charge in [0.05, 0.1) is 11.2 Å². The van der Waals surface area contributed by atoms with Gasteiger partial charge in [-0.25, -0.2) is 0 Å². The van der Waals surface area contributed by atoms with Gasteiger partial charge in [-0.1, -0.05) is 43.2 Å². The Labute approximate surface area is 169 Å². The Bertz CT molecular complexity index is 882. The van der Waals surface area contributed by atoms with Crippen LogP contribution in [0.1, 0.15) is 36.9 Å². The first-order valence-electron chi connectivity index (χ1n) is 8.35. The summed E-state index contributed by atoms with van der Waals surface area (Å²) in [4.78, 5) is 17.1. The van der Waals surface area contributed by atoms with Crippen LogP contribution < -0.4 is 5.32 Å². The van der Waals surface area contributed by atoms with E-state index in [9.17, 15) is 10.1 Å². The molecule has 0 unspecified atom stereocenters. The number of nitrogens with one attached hydrogen (secondary N) is 1. The molecule has 0 atom stereocenters. The van der Waals surface area contributed by atoms with E-state index in [2.05, 4.69) is 42.2 Å². The molecule has 1 aliphatic carbocycles. The number of hydrogen-bond donors (Lipinski definition) is 1. The van der Waals surface area contributed by atoms with E-state index >= 15 is 0 Å². The first kappa shape index (κ1) is 18.8. The van der Waals surface area contributed by atoms with Crippen LogP contribution in [0.4, 0.5) is 0 Å². The smallest absolute Gasteiger partial charge is 0.262 e. The van der Waals surface area contributed by atoms with Crippen molar-refractivity contribution in [3.63, 3.8) is 0 Å². The fraction of sp³-hybridized carbons (Fsp3) is 0.250. The SMILES string of the molecule is N#C/C(=C\c1ncc(Br)cc1Br)C(=O)NC1(c2ccccc2)CCCC1. The van der Waals surface area contributed by atoms with Crippen LogP contribution in [0.15, 0.2) is 57.1 Å². The first-order chi connectivity index (χ1) is 12.5. The van der Waals surface area contributed by atoms with Gasteiger partial charge in [0.25, 0.3) is 5.91 Å². The van der Waals surface area contributed by atoms with E-state index in [1.807, 2.05) is 42.5 Å². The van der Waals surface area contributed by atoms with E-state index in [4.69, 9.17) is 0 Å². The van der Waals surface area contributed by atoms with Crippen molar-refractivity contribution in [1.29, 1.82) is 5.26 Å². The molecule has 132 valence electrons. The molecular weight excluding hydrogens is 458 g/mol. The molecule has 0 saturated heterocycles. The molecule has 26 heavy (non-hydrogen) atoms. The lowest BCUT2D eigenvalue weighted by atomic mass is 9.88. The number of aromatic nitrogens is 1. The molecule has 1 heterocycles. The van der Waals surface area contributed by atoms with Crippen molar-refractivity contribution < 1.29 is 4.79 Å². The maximum Gasteiger partial charge on any atom is 0.262 e. The summed E-state index contributed by atoms with van der Waals surface area (Å²) < 4.78 is 1.53. The van der Waals surface area contributed by atoms with Crippen LogP contribution in [0.2, 0.25) is 0 Å². The zero-order valence-electron chi connectivity index (χ0n) is 14.0. The van der Waals surface area contributed by atoms with Crippen LogP contribution >= 0.6 is 31.9 Å². The third-order valence-corrected chi connectivity index (χ3v) is 5.69. The van der Waals surface area contributed by atoms with Gasteiger partial charge in [-0.05, 0) is 62.4 Å². The van der Waals surface area contributed by atoms with Crippen molar-refractivity contribution in [2.75, 3.05) is 0 Å². The number of amides is 1. The zero-order chi connectivity index (χ0) is 18.6. The lowest BCUT2D eigenvalue weighted by molar-refractivity contribution is -0.119. The molecule has 0 bridgehead atoms. The van der Waals surface area contributed by atoms with Gasteiger partial charge in [0.2, 0.25) is 0 Å². The Kier molecular flexibility index (Phi) is 5.90. The molecule has 1 aliphatic rings. The van der Waals surface area contributed by atoms with Gasteiger partial charge in [-0.15, -0.1) is 0 Å². The van der Waals surface area contributed by atoms with Crippen molar-refractivity contribution in [1.82, 2.24) is 10.3 Å². The third-order valence-electron chi connectivity index (χ3n) is 4.62. The van der Waals surface area contributed by atoms with E-state index in [1.54, 1.807) is 6.20 Å². The average molecular weight is 475 g/mol. The largest absolute Gasteiger partial charge is 0.342 e. The van der Waals surface area contributed by atoms with Crippen molar-refractivity contribution in [2.24, 2.45) is 0 Å². The molecule has 0 spiro atoms. The number of nitriles is 1. The van der Waals surface area contributed by atoms with Crippen molar-refractivity contribution in [3.05, 3.63) is 68.4 Å². The summed E-state index contributed by atoms with van der Waals surface area (Å²) in [5.41, 5.74) is 1.27. The van der Waals surface area contributed by atoms with Gasteiger partial charge in [0.15, 0.2) is 0 Å². The van der Waals surface area contributed by atoms with E-state index < -0.39 is 5.54 Å². The molecule has 3 rings (SSSR count). The van der Waals surface area contributed by atoms with Crippen LogP contribution in [0.5, 0.6) is 0 Å². The lowest BCUT2D eigenvalue weighted by Gasteiger charge is -2.31. The molecule has 2 aromatic rings. The van der Waals surface area contributed by atoms with Crippen LogP contribution in [0.25, 0.3) is 6.08 Å². The number of nitrogens with zero attached hydrogens (tertiary/aromatic N) is 2. The van der Waals surface area contributed by atoms with Crippen LogP contribution in [0.3, 0.4) is 0 Å². The highest BCUT2D eigenvalue weighted by atomic mass is 79.9. The highest BCUT2D eigenvalue weighted by molar-refractivity contribution is 9.11. The van der Waals surface area contributed by atoms with E-state index in [0.717, 1.165) is 35.7 Å². The van der Waals surface area contributed by atoms with Crippen molar-refractivity contribution in [3.8, 4) is 6.07 Å². The van der Waals surface area contributed by atoms with Gasteiger partial charge in [-0.2, -0.15) is 5.26 Å². The minimum Gasteiger partial charge on any atom is -0.342 e. The zero-order valence-corrected chi connectivity index (χ0v) is 17.2.